The van der Waals surface area contributed by atoms with Gasteiger partial charge in [-0.1, -0.05) is 30.1 Å². The number of phenols is 1. The van der Waals surface area contributed by atoms with Crippen LogP contribution < -0.4 is 5.84 Å². The molecule has 0 spiro atoms. The molecule has 3 unspecified atom stereocenters. The molecular weight excluding hydrogens is 336 g/mol. The third-order valence-corrected chi connectivity index (χ3v) is 5.40. The number of para-hydroxylation sites is 1. The highest BCUT2D eigenvalue weighted by atomic mass is 16.6. The van der Waals surface area contributed by atoms with Crippen molar-refractivity contribution in [3.05, 3.63) is 63.7 Å². The molecule has 1 fully saturated rings. The number of amides is 1. The molecule has 3 atom stereocenters. The normalized spacial score (nSPS) is 30.0. The van der Waals surface area contributed by atoms with Gasteiger partial charge < -0.3 is 5.11 Å². The number of nitrogens with zero attached hydrogens (tertiary/aromatic N) is 3. The number of phenolic OH excluding ortho intramolecular Hbond substituents is 1. The molecule has 1 aliphatic carbocycles. The van der Waals surface area contributed by atoms with Crippen molar-refractivity contribution in [3.8, 4) is 5.75 Å². The van der Waals surface area contributed by atoms with E-state index < -0.39 is 11.7 Å². The van der Waals surface area contributed by atoms with E-state index in [2.05, 4.69) is 0 Å². The van der Waals surface area contributed by atoms with Gasteiger partial charge in [-0.15, -0.1) is 4.70 Å². The van der Waals surface area contributed by atoms with Gasteiger partial charge in [-0.25, -0.2) is 0 Å². The Morgan fingerprint density at radius 1 is 1.46 bits per heavy atom. The Labute approximate surface area is 151 Å². The van der Waals surface area contributed by atoms with Crippen molar-refractivity contribution in [1.82, 2.24) is 5.01 Å². The second kappa shape index (κ2) is 6.22. The number of quaternary nitrogens is 1. The molecule has 0 aromatic heterocycles. The molecule has 8 heteroatoms. The van der Waals surface area contributed by atoms with Gasteiger partial charge in [0.25, 0.3) is 6.17 Å². The van der Waals surface area contributed by atoms with Gasteiger partial charge in [0.1, 0.15) is 12.3 Å². The maximum absolute atomic E-state index is 13.0. The molecule has 26 heavy (non-hydrogen) atoms. The van der Waals surface area contributed by atoms with Crippen LogP contribution in [0.3, 0.4) is 0 Å². The summed E-state index contributed by atoms with van der Waals surface area (Å²) >= 11 is 0. The van der Waals surface area contributed by atoms with Gasteiger partial charge in [0, 0.05) is 23.3 Å². The number of benzene rings is 1. The van der Waals surface area contributed by atoms with E-state index in [0.717, 1.165) is 0 Å². The third-order valence-electron chi connectivity index (χ3n) is 5.40. The molecule has 0 bridgehead atoms. The Kier molecular flexibility index (Phi) is 4.33. The fraction of sp³-hybridized carbons (Fsp3) is 0.389. The summed E-state index contributed by atoms with van der Waals surface area (Å²) in [5, 5.41) is 22.9. The number of nitro groups is 1. The van der Waals surface area contributed by atoms with Gasteiger partial charge in [0.2, 0.25) is 5.54 Å². The van der Waals surface area contributed by atoms with Crippen molar-refractivity contribution in [2.75, 3.05) is 6.54 Å². The van der Waals surface area contributed by atoms with Gasteiger partial charge in [0.05, 0.1) is 5.56 Å². The van der Waals surface area contributed by atoms with E-state index in [4.69, 9.17) is 5.84 Å². The molecule has 1 heterocycles. The standard InChI is InChI=1S/C18H22N4O4/c1-3-18(21(25)26)11-9-13(10-12-18)17(24)20-16(22(20,19)4-2)14-7-5-6-8-15(14)23/h5-11,16H,3-4,12,19H2,1-2H3/p+1. The molecule has 1 saturated heterocycles. The Morgan fingerprint density at radius 2 is 2.15 bits per heavy atom. The van der Waals surface area contributed by atoms with E-state index in [1.807, 2.05) is 6.92 Å². The van der Waals surface area contributed by atoms with Crippen LogP contribution in [0.25, 0.3) is 0 Å². The van der Waals surface area contributed by atoms with Crippen molar-refractivity contribution in [2.45, 2.75) is 38.4 Å². The Morgan fingerprint density at radius 3 is 2.65 bits per heavy atom. The van der Waals surface area contributed by atoms with E-state index in [0.29, 0.717) is 24.1 Å². The number of carbonyl (C=O) groups is 1. The van der Waals surface area contributed by atoms with Crippen molar-refractivity contribution in [3.63, 3.8) is 0 Å². The van der Waals surface area contributed by atoms with Crippen LogP contribution in [0.4, 0.5) is 0 Å². The largest absolute Gasteiger partial charge is 0.507 e. The average Bonchev–Trinajstić information content (AvgIpc) is 3.27. The molecule has 3 rings (SSSR count). The quantitative estimate of drug-likeness (QED) is 0.275. The molecule has 138 valence electrons. The minimum atomic E-state index is -1.15. The lowest BCUT2D eigenvalue weighted by molar-refractivity contribution is -0.882. The lowest BCUT2D eigenvalue weighted by atomic mass is 9.87. The third kappa shape index (κ3) is 2.58. The van der Waals surface area contributed by atoms with Crippen LogP contribution in [0.5, 0.6) is 5.75 Å². The monoisotopic (exact) mass is 359 g/mol. The van der Waals surface area contributed by atoms with Gasteiger partial charge >= 0.3 is 5.91 Å². The lowest BCUT2D eigenvalue weighted by Crippen LogP contribution is -2.41. The Balaban J connectivity index is 1.86. The molecule has 1 amide bonds. The van der Waals surface area contributed by atoms with Crippen LogP contribution in [-0.4, -0.2) is 37.7 Å². The summed E-state index contributed by atoms with van der Waals surface area (Å²) < 4.78 is -0.129. The first-order valence-electron chi connectivity index (χ1n) is 8.63. The number of aromatic hydroxyl groups is 1. The van der Waals surface area contributed by atoms with E-state index in [1.54, 1.807) is 37.3 Å². The van der Waals surface area contributed by atoms with Crippen molar-refractivity contribution in [1.29, 1.82) is 0 Å². The number of nitrogens with two attached hydrogens (primary N) is 1. The van der Waals surface area contributed by atoms with E-state index >= 15 is 0 Å². The highest BCUT2D eigenvalue weighted by Gasteiger charge is 2.68. The second-order valence-electron chi connectivity index (χ2n) is 6.70. The minimum Gasteiger partial charge on any atom is -0.507 e. The zero-order valence-electron chi connectivity index (χ0n) is 14.8. The zero-order chi connectivity index (χ0) is 19.1. The molecule has 1 aromatic rings. The molecule has 2 aliphatic rings. The predicted octanol–water partition coefficient (Wildman–Crippen LogP) is 2.17. The van der Waals surface area contributed by atoms with Gasteiger partial charge in [0.15, 0.2) is 0 Å². The van der Waals surface area contributed by atoms with E-state index in [-0.39, 0.29) is 27.7 Å². The molecule has 3 N–H and O–H groups in total. The Hall–Kier alpha value is -2.71. The summed E-state index contributed by atoms with van der Waals surface area (Å²) in [4.78, 5) is 24.0. The topological polar surface area (TPSA) is 109 Å². The van der Waals surface area contributed by atoms with Gasteiger partial charge in [-0.2, -0.15) is 5.84 Å². The first-order valence-corrected chi connectivity index (χ1v) is 8.63. The van der Waals surface area contributed by atoms with Crippen LogP contribution in [0.15, 0.2) is 48.1 Å². The molecular formula is C18H23N4O4+. The summed E-state index contributed by atoms with van der Waals surface area (Å²) in [5.74, 6) is 6.13. The molecule has 1 aliphatic heterocycles. The number of carbonyl (C=O) groups excluding carboxylic acids is 1. The van der Waals surface area contributed by atoms with Crippen LogP contribution in [0.2, 0.25) is 0 Å². The van der Waals surface area contributed by atoms with E-state index in [1.165, 1.54) is 17.2 Å². The highest BCUT2D eigenvalue weighted by Crippen LogP contribution is 2.50. The summed E-state index contributed by atoms with van der Waals surface area (Å²) in [6.45, 7) is 4.08. The second-order valence-corrected chi connectivity index (χ2v) is 6.70. The van der Waals surface area contributed by atoms with Crippen molar-refractivity contribution in [2.24, 2.45) is 5.84 Å². The zero-order valence-corrected chi connectivity index (χ0v) is 14.8. The van der Waals surface area contributed by atoms with Crippen molar-refractivity contribution >= 4 is 5.91 Å². The number of hydrogen-bond donors (Lipinski definition) is 2. The maximum atomic E-state index is 13.0. The fourth-order valence-electron chi connectivity index (χ4n) is 3.47. The molecule has 0 saturated carbocycles. The summed E-state index contributed by atoms with van der Waals surface area (Å²) in [7, 11) is 0. The fourth-order valence-corrected chi connectivity index (χ4v) is 3.47. The van der Waals surface area contributed by atoms with Crippen LogP contribution in [0, 0.1) is 10.1 Å². The molecule has 1 aromatic carbocycles. The smallest absolute Gasteiger partial charge is 0.306 e. The molecule has 8 nitrogen and oxygen atoms in total. The van der Waals surface area contributed by atoms with E-state index in [9.17, 15) is 20.0 Å². The SMILES string of the molecule is CCC1([N+](=O)[O-])C=CC(C(=O)N2C(c3ccccc3O)[N+]2(N)CC)=CC1. The van der Waals surface area contributed by atoms with Gasteiger partial charge in [-0.05, 0) is 31.2 Å². The minimum absolute atomic E-state index is 0.0840. The number of rotatable bonds is 5. The summed E-state index contributed by atoms with van der Waals surface area (Å²) in [6.07, 6.45) is 4.66. The average molecular weight is 359 g/mol. The van der Waals surface area contributed by atoms with Crippen LogP contribution >= 0.6 is 0 Å². The molecule has 0 radical (unpaired) electrons. The van der Waals surface area contributed by atoms with Crippen molar-refractivity contribution < 1.29 is 19.5 Å². The van der Waals surface area contributed by atoms with Crippen LogP contribution in [-0.2, 0) is 4.79 Å². The summed E-state index contributed by atoms with van der Waals surface area (Å²) in [6, 6.07) is 6.78. The maximum Gasteiger partial charge on any atom is 0.306 e. The van der Waals surface area contributed by atoms with Crippen LogP contribution in [0.1, 0.15) is 38.4 Å². The highest BCUT2D eigenvalue weighted by molar-refractivity contribution is 5.96. The van der Waals surface area contributed by atoms with Gasteiger partial charge in [-0.3, -0.25) is 14.9 Å². The lowest BCUT2D eigenvalue weighted by Gasteiger charge is -2.22. The predicted molar refractivity (Wildman–Crippen MR) is 94.5 cm³/mol. The Bertz CT molecular complexity index is 821. The summed E-state index contributed by atoms with van der Waals surface area (Å²) in [5.41, 5.74) is -0.187. The first-order chi connectivity index (χ1) is 12.3. The number of hydrogen-bond acceptors (Lipinski definition) is 5. The first kappa shape index (κ1) is 18.1.